The van der Waals surface area contributed by atoms with Crippen LogP contribution >= 0.6 is 15.9 Å². The van der Waals surface area contributed by atoms with Gasteiger partial charge >= 0.3 is 0 Å². The van der Waals surface area contributed by atoms with E-state index in [-0.39, 0.29) is 0 Å². The molecule has 0 aromatic carbocycles. The second-order valence-electron chi connectivity index (χ2n) is 3.29. The van der Waals surface area contributed by atoms with Crippen LogP contribution in [-0.2, 0) is 6.54 Å². The van der Waals surface area contributed by atoms with Crippen LogP contribution in [-0.4, -0.2) is 11.5 Å². The lowest BCUT2D eigenvalue weighted by Gasteiger charge is -2.03. The number of nitrogens with zero attached hydrogens (tertiary/aromatic N) is 1. The van der Waals surface area contributed by atoms with Crippen molar-refractivity contribution in [2.24, 2.45) is 0 Å². The van der Waals surface area contributed by atoms with Crippen LogP contribution in [0.25, 0.3) is 0 Å². The Morgan fingerprint density at radius 1 is 1.40 bits per heavy atom. The second-order valence-corrected chi connectivity index (χ2v) is 4.10. The van der Waals surface area contributed by atoms with E-state index in [1.807, 2.05) is 18.2 Å². The zero-order chi connectivity index (χ0) is 10.9. The molecular weight excluding hydrogens is 252 g/mol. The van der Waals surface area contributed by atoms with Crippen LogP contribution in [0, 0.1) is 12.3 Å². The molecule has 0 saturated carbocycles. The summed E-state index contributed by atoms with van der Waals surface area (Å²) in [6.45, 7) is 1.81. The molecule has 0 aliphatic carbocycles. The first-order chi connectivity index (χ1) is 7.33. The third-order valence-electron chi connectivity index (χ3n) is 2.00. The number of aromatic nitrogens is 1. The Morgan fingerprint density at radius 3 is 3.00 bits per heavy atom. The van der Waals surface area contributed by atoms with Crippen LogP contribution < -0.4 is 5.32 Å². The van der Waals surface area contributed by atoms with E-state index in [1.54, 1.807) is 0 Å². The van der Waals surface area contributed by atoms with Crippen molar-refractivity contribution in [2.45, 2.75) is 25.8 Å². The molecule has 0 radical (unpaired) electrons. The fourth-order valence-electron chi connectivity index (χ4n) is 1.24. The zero-order valence-corrected chi connectivity index (χ0v) is 10.3. The highest BCUT2D eigenvalue weighted by Gasteiger charge is 1.94. The van der Waals surface area contributed by atoms with Gasteiger partial charge in [-0.2, -0.15) is 0 Å². The average molecular weight is 267 g/mol. The van der Waals surface area contributed by atoms with Crippen molar-refractivity contribution in [3.8, 4) is 12.3 Å². The largest absolute Gasteiger partial charge is 0.311 e. The van der Waals surface area contributed by atoms with Crippen LogP contribution in [0.3, 0.4) is 0 Å². The topological polar surface area (TPSA) is 24.9 Å². The minimum atomic E-state index is 0.815. The molecule has 1 rings (SSSR count). The molecule has 15 heavy (non-hydrogen) atoms. The number of terminal acetylenes is 1. The quantitative estimate of drug-likeness (QED) is 0.487. The van der Waals surface area contributed by atoms with Crippen molar-refractivity contribution in [3.63, 3.8) is 0 Å². The normalized spacial score (nSPS) is 9.87. The third-order valence-corrected chi connectivity index (χ3v) is 2.45. The lowest BCUT2D eigenvalue weighted by atomic mass is 10.2. The molecule has 0 aliphatic heterocycles. The highest BCUT2D eigenvalue weighted by atomic mass is 79.9. The van der Waals surface area contributed by atoms with Gasteiger partial charge < -0.3 is 5.32 Å². The van der Waals surface area contributed by atoms with Crippen LogP contribution in [0.15, 0.2) is 22.8 Å². The van der Waals surface area contributed by atoms with Gasteiger partial charge in [0.15, 0.2) is 0 Å². The summed E-state index contributed by atoms with van der Waals surface area (Å²) in [5.41, 5.74) is 1.06. The van der Waals surface area contributed by atoms with Crippen molar-refractivity contribution >= 4 is 15.9 Å². The first-order valence-electron chi connectivity index (χ1n) is 5.08. The molecule has 1 aromatic heterocycles. The lowest BCUT2D eigenvalue weighted by Crippen LogP contribution is -2.15. The van der Waals surface area contributed by atoms with Gasteiger partial charge in [-0.25, -0.2) is 4.98 Å². The van der Waals surface area contributed by atoms with Gasteiger partial charge in [0.1, 0.15) is 4.60 Å². The fourth-order valence-corrected chi connectivity index (χ4v) is 1.62. The number of halogens is 1. The van der Waals surface area contributed by atoms with E-state index in [4.69, 9.17) is 6.42 Å². The second kappa shape index (κ2) is 7.44. The summed E-state index contributed by atoms with van der Waals surface area (Å²) in [7, 11) is 0. The van der Waals surface area contributed by atoms with Crippen LogP contribution in [0.4, 0.5) is 0 Å². The van der Waals surface area contributed by atoms with Crippen LogP contribution in [0.5, 0.6) is 0 Å². The van der Waals surface area contributed by atoms with E-state index in [0.29, 0.717) is 0 Å². The molecule has 80 valence electrons. The van der Waals surface area contributed by atoms with E-state index < -0.39 is 0 Å². The highest BCUT2D eigenvalue weighted by molar-refractivity contribution is 9.10. The predicted octanol–water partition coefficient (Wildman–Crippen LogP) is 2.74. The maximum absolute atomic E-state index is 5.17. The summed E-state index contributed by atoms with van der Waals surface area (Å²) in [5, 5.41) is 3.34. The molecule has 1 N–H and O–H groups in total. The van der Waals surface area contributed by atoms with Crippen LogP contribution in [0.2, 0.25) is 0 Å². The van der Waals surface area contributed by atoms with E-state index in [2.05, 4.69) is 32.2 Å². The molecule has 0 spiro atoms. The molecule has 2 nitrogen and oxygen atoms in total. The molecule has 0 bridgehead atoms. The van der Waals surface area contributed by atoms with Crippen LogP contribution in [0.1, 0.15) is 25.0 Å². The number of nitrogens with one attached hydrogen (secondary N) is 1. The third kappa shape index (κ3) is 5.56. The van der Waals surface area contributed by atoms with Crippen molar-refractivity contribution in [3.05, 3.63) is 28.5 Å². The van der Waals surface area contributed by atoms with Gasteiger partial charge in [-0.1, -0.05) is 6.07 Å². The summed E-state index contributed by atoms with van der Waals surface area (Å²) in [6, 6.07) is 5.93. The molecule has 0 amide bonds. The van der Waals surface area contributed by atoms with Crippen molar-refractivity contribution in [2.75, 3.05) is 6.54 Å². The Bertz CT molecular complexity index is 331. The Kier molecular flexibility index (Phi) is 6.06. The maximum Gasteiger partial charge on any atom is 0.106 e. The first kappa shape index (κ1) is 12.2. The van der Waals surface area contributed by atoms with E-state index in [9.17, 15) is 0 Å². The van der Waals surface area contributed by atoms with E-state index in [0.717, 1.165) is 42.6 Å². The Hall–Kier alpha value is -0.850. The predicted molar refractivity (Wildman–Crippen MR) is 66.3 cm³/mol. The molecule has 1 heterocycles. The molecule has 0 saturated heterocycles. The SMILES string of the molecule is C#CCCCCNCc1cccc(Br)n1. The number of rotatable bonds is 6. The smallest absolute Gasteiger partial charge is 0.106 e. The Labute approximate surface area is 99.6 Å². The molecule has 1 aromatic rings. The van der Waals surface area contributed by atoms with Crippen molar-refractivity contribution in [1.82, 2.24) is 10.3 Å². The van der Waals surface area contributed by atoms with Gasteiger partial charge in [0.2, 0.25) is 0 Å². The minimum absolute atomic E-state index is 0.815. The lowest BCUT2D eigenvalue weighted by molar-refractivity contribution is 0.622. The highest BCUT2D eigenvalue weighted by Crippen LogP contribution is 2.05. The average Bonchev–Trinajstić information content (AvgIpc) is 2.23. The molecule has 0 atom stereocenters. The standard InChI is InChI=1S/C12H15BrN2/c1-2-3-4-5-9-14-10-11-7-6-8-12(13)15-11/h1,6-8,14H,3-5,9-10H2. The van der Waals surface area contributed by atoms with Gasteiger partial charge in [-0.15, -0.1) is 12.3 Å². The number of pyridine rings is 1. The Morgan fingerprint density at radius 2 is 2.27 bits per heavy atom. The minimum Gasteiger partial charge on any atom is -0.311 e. The van der Waals surface area contributed by atoms with Gasteiger partial charge in [-0.3, -0.25) is 0 Å². The van der Waals surface area contributed by atoms with Gasteiger partial charge in [-0.05, 0) is 47.4 Å². The monoisotopic (exact) mass is 266 g/mol. The van der Waals surface area contributed by atoms with Gasteiger partial charge in [0.05, 0.1) is 5.69 Å². The molecule has 0 aliphatic rings. The van der Waals surface area contributed by atoms with Crippen molar-refractivity contribution < 1.29 is 0 Å². The summed E-state index contributed by atoms with van der Waals surface area (Å²) in [5.74, 6) is 2.64. The number of hydrogen-bond donors (Lipinski definition) is 1. The molecular formula is C12H15BrN2. The first-order valence-corrected chi connectivity index (χ1v) is 5.88. The molecule has 0 fully saturated rings. The fraction of sp³-hybridized carbons (Fsp3) is 0.417. The number of hydrogen-bond acceptors (Lipinski definition) is 2. The molecule has 3 heteroatoms. The van der Waals surface area contributed by atoms with Gasteiger partial charge in [0.25, 0.3) is 0 Å². The summed E-state index contributed by atoms with van der Waals surface area (Å²) in [4.78, 5) is 4.33. The zero-order valence-electron chi connectivity index (χ0n) is 8.67. The summed E-state index contributed by atoms with van der Waals surface area (Å²) in [6.07, 6.45) is 8.25. The Balaban J connectivity index is 2.13. The summed E-state index contributed by atoms with van der Waals surface area (Å²) < 4.78 is 0.883. The number of unbranched alkanes of at least 4 members (excludes halogenated alkanes) is 2. The molecule has 0 unspecified atom stereocenters. The van der Waals surface area contributed by atoms with Crippen molar-refractivity contribution in [1.29, 1.82) is 0 Å². The summed E-state index contributed by atoms with van der Waals surface area (Å²) >= 11 is 3.34. The maximum atomic E-state index is 5.17. The van der Waals surface area contributed by atoms with E-state index in [1.165, 1.54) is 0 Å². The van der Waals surface area contributed by atoms with Gasteiger partial charge in [0, 0.05) is 13.0 Å². The van der Waals surface area contributed by atoms with E-state index >= 15 is 0 Å².